The van der Waals surface area contributed by atoms with Crippen molar-refractivity contribution < 1.29 is 131 Å². The van der Waals surface area contributed by atoms with Gasteiger partial charge in [-0.3, -0.25) is 0 Å². The zero-order chi connectivity index (χ0) is 0. The Labute approximate surface area is 179 Å². The summed E-state index contributed by atoms with van der Waals surface area (Å²) < 4.78 is 0. The summed E-state index contributed by atoms with van der Waals surface area (Å²) in [6.45, 7) is 0. The largest absolute Gasteiger partial charge is 0 e. The van der Waals surface area contributed by atoms with Crippen molar-refractivity contribution in [3.05, 3.63) is 0 Å². The molecule has 0 aromatic heterocycles. The fraction of sp³-hybridized carbons (Fsp3) is 0. The summed E-state index contributed by atoms with van der Waals surface area (Å²) in [7, 11) is 0. The number of hydrogen-bond donors (Lipinski definition) is 0. The minimum Gasteiger partial charge on any atom is 0 e. The van der Waals surface area contributed by atoms with E-state index in [0.29, 0.717) is 0 Å². The van der Waals surface area contributed by atoms with Crippen molar-refractivity contribution in [3.8, 4) is 0 Å². The van der Waals surface area contributed by atoms with Gasteiger partial charge in [0.05, 0.1) is 0 Å². The van der Waals surface area contributed by atoms with Crippen LogP contribution in [0.4, 0.5) is 0 Å². The molecule has 0 atom stereocenters. The first kappa shape index (κ1) is 65.4. The molecule has 0 bridgehead atoms. The molecular formula is Ge3Zr5. The average Bonchev–Trinajstić information content (AvgIpc) is 0. The zero-order valence-electron chi connectivity index (χ0n) is 4.00. The van der Waals surface area contributed by atoms with Gasteiger partial charge in [-0.2, -0.15) is 0 Å². The van der Waals surface area contributed by atoms with Crippen LogP contribution in [0.1, 0.15) is 0 Å². The van der Waals surface area contributed by atoms with Gasteiger partial charge in [0.15, 0.2) is 0 Å². The molecule has 0 unspecified atom stereocenters. The van der Waals surface area contributed by atoms with Crippen LogP contribution in [-0.2, 0) is 131 Å². The van der Waals surface area contributed by atoms with Gasteiger partial charge in [-0.25, -0.2) is 0 Å². The van der Waals surface area contributed by atoms with Crippen molar-refractivity contribution >= 4 is 52.8 Å². The van der Waals surface area contributed by atoms with Crippen LogP contribution >= 0.6 is 0 Å². The molecule has 0 aromatic rings. The van der Waals surface area contributed by atoms with Crippen molar-refractivity contribution in [1.82, 2.24) is 0 Å². The van der Waals surface area contributed by atoms with E-state index in [-0.39, 0.29) is 184 Å². The fourth-order valence-corrected chi connectivity index (χ4v) is 0. The SMILES string of the molecule is [Ge].[Ge].[Ge].[Zr].[Zr].[Zr].[Zr].[Zr]. The zero-order valence-corrected chi connectivity index (χ0v) is 22.6. The van der Waals surface area contributed by atoms with Crippen molar-refractivity contribution in [1.29, 1.82) is 0 Å². The standard InChI is InChI=1S/3Ge.5Zr. The molecule has 0 aliphatic heterocycles. The Morgan fingerprint density at radius 3 is 0.250 bits per heavy atom. The molecule has 0 rings (SSSR count). The minimum absolute atomic E-state index is 0. The predicted octanol–water partition coefficient (Wildman–Crippen LogP) is -1.15. The number of hydrogen-bond acceptors (Lipinski definition) is 0. The van der Waals surface area contributed by atoms with E-state index >= 15 is 0 Å². The first-order chi connectivity index (χ1) is 0. The van der Waals surface area contributed by atoms with E-state index in [1.807, 2.05) is 0 Å². The van der Waals surface area contributed by atoms with Gasteiger partial charge in [-0.05, 0) is 0 Å². The van der Waals surface area contributed by atoms with E-state index in [0.717, 1.165) is 0 Å². The topological polar surface area (TPSA) is 0 Å². The van der Waals surface area contributed by atoms with E-state index < -0.39 is 0 Å². The van der Waals surface area contributed by atoms with Gasteiger partial charge < -0.3 is 0 Å². The molecule has 0 saturated heterocycles. The average molecular weight is 674 g/mol. The molecule has 0 saturated carbocycles. The molecule has 0 spiro atoms. The third-order valence-electron chi connectivity index (χ3n) is 0. The van der Waals surface area contributed by atoms with Crippen LogP contribution in [0.2, 0.25) is 0 Å². The monoisotopic (exact) mass is 671 g/mol. The summed E-state index contributed by atoms with van der Waals surface area (Å²) in [6.07, 6.45) is 0. The van der Waals surface area contributed by atoms with Crippen LogP contribution in [0.25, 0.3) is 0 Å². The maximum Gasteiger partial charge on any atom is 0 e. The van der Waals surface area contributed by atoms with Crippen LogP contribution in [0.5, 0.6) is 0 Å². The second kappa shape index (κ2) is 51.8. The Kier molecular flexibility index (Phi) is 424. The first-order valence-corrected chi connectivity index (χ1v) is 0. The quantitative estimate of drug-likeness (QED) is 0.285. The maximum absolute atomic E-state index is 0. The van der Waals surface area contributed by atoms with E-state index in [2.05, 4.69) is 0 Å². The van der Waals surface area contributed by atoms with Gasteiger partial charge in [0.25, 0.3) is 0 Å². The summed E-state index contributed by atoms with van der Waals surface area (Å²) >= 11 is 0. The van der Waals surface area contributed by atoms with Gasteiger partial charge >= 0.3 is 0 Å². The first-order valence-electron chi connectivity index (χ1n) is 0. The third kappa shape index (κ3) is 40.2. The molecular weight excluding hydrogens is 674 g/mol. The van der Waals surface area contributed by atoms with Crippen molar-refractivity contribution in [2.24, 2.45) is 0 Å². The smallest absolute Gasteiger partial charge is 0 e. The Morgan fingerprint density at radius 2 is 0.250 bits per heavy atom. The summed E-state index contributed by atoms with van der Waals surface area (Å²) in [5, 5.41) is 0. The van der Waals surface area contributed by atoms with Crippen molar-refractivity contribution in [2.75, 3.05) is 0 Å². The van der Waals surface area contributed by atoms with Crippen LogP contribution in [-0.4, -0.2) is 52.8 Å². The maximum atomic E-state index is 0. The van der Waals surface area contributed by atoms with Crippen molar-refractivity contribution in [3.63, 3.8) is 0 Å². The predicted molar refractivity (Wildman–Crippen MR) is 17.3 cm³/mol. The van der Waals surface area contributed by atoms with Crippen LogP contribution in [0, 0.1) is 0 Å². The van der Waals surface area contributed by atoms with Crippen molar-refractivity contribution in [2.45, 2.75) is 0 Å². The second-order valence-corrected chi connectivity index (χ2v) is 0. The second-order valence-electron chi connectivity index (χ2n) is 0. The number of rotatable bonds is 0. The van der Waals surface area contributed by atoms with Crippen LogP contribution in [0.3, 0.4) is 0 Å². The Balaban J connectivity index is 0. The van der Waals surface area contributed by atoms with Gasteiger partial charge in [0.1, 0.15) is 0 Å². The molecule has 0 heterocycles. The summed E-state index contributed by atoms with van der Waals surface area (Å²) in [5.74, 6) is 0. The Morgan fingerprint density at radius 1 is 0.250 bits per heavy atom. The summed E-state index contributed by atoms with van der Waals surface area (Å²) in [6, 6.07) is 0. The molecule has 0 aliphatic carbocycles. The third-order valence-corrected chi connectivity index (χ3v) is 0. The normalized spacial score (nSPS) is 0. The van der Waals surface area contributed by atoms with E-state index in [1.54, 1.807) is 0 Å². The minimum atomic E-state index is 0. The van der Waals surface area contributed by atoms with E-state index in [4.69, 9.17) is 0 Å². The molecule has 8 heavy (non-hydrogen) atoms. The Hall–Kier alpha value is 6.04. The molecule has 8 heteroatoms. The van der Waals surface area contributed by atoms with Gasteiger partial charge in [-0.15, -0.1) is 0 Å². The molecule has 0 aromatic carbocycles. The Bertz CT molecular complexity index is 7.64. The van der Waals surface area contributed by atoms with Crippen LogP contribution < -0.4 is 0 Å². The van der Waals surface area contributed by atoms with Crippen LogP contribution in [0.15, 0.2) is 0 Å². The van der Waals surface area contributed by atoms with Gasteiger partial charge in [0.2, 0.25) is 0 Å². The molecule has 32 valence electrons. The fourth-order valence-electron chi connectivity index (χ4n) is 0. The molecule has 0 fully saturated rings. The molecule has 0 nitrogen and oxygen atoms in total. The van der Waals surface area contributed by atoms with E-state index in [1.165, 1.54) is 0 Å². The summed E-state index contributed by atoms with van der Waals surface area (Å²) in [5.41, 5.74) is 0. The van der Waals surface area contributed by atoms with E-state index in [9.17, 15) is 0 Å². The van der Waals surface area contributed by atoms with Gasteiger partial charge in [0, 0.05) is 184 Å². The summed E-state index contributed by atoms with van der Waals surface area (Å²) in [4.78, 5) is 0. The molecule has 0 N–H and O–H groups in total. The van der Waals surface area contributed by atoms with Gasteiger partial charge in [-0.1, -0.05) is 0 Å². The molecule has 0 amide bonds. The molecule has 12 radical (unpaired) electrons. The molecule has 0 aliphatic rings.